The lowest BCUT2D eigenvalue weighted by molar-refractivity contribution is 0.668. The Morgan fingerprint density at radius 3 is 1.40 bits per heavy atom. The van der Waals surface area contributed by atoms with Gasteiger partial charge >= 0.3 is 0 Å². The fraction of sp³-hybridized carbons (Fsp3) is 0. The van der Waals surface area contributed by atoms with Crippen LogP contribution in [0, 0.1) is 0 Å². The van der Waals surface area contributed by atoms with E-state index in [1.165, 1.54) is 52.5 Å². The van der Waals surface area contributed by atoms with Crippen LogP contribution in [0.5, 0.6) is 0 Å². The van der Waals surface area contributed by atoms with E-state index in [-0.39, 0.29) is 0 Å². The average Bonchev–Trinajstić information content (AvgIpc) is 4.20. The fourth-order valence-corrected chi connectivity index (χ4v) is 12.4. The number of benzene rings is 11. The van der Waals surface area contributed by atoms with Crippen LogP contribution in [-0.4, -0.2) is 19.5 Å². The summed E-state index contributed by atoms with van der Waals surface area (Å²) in [5.41, 5.74) is 11.2. The second-order valence-corrected chi connectivity index (χ2v) is 19.8. The molecule has 0 aliphatic rings. The number of furan rings is 2. The zero-order valence-electron chi connectivity index (χ0n) is 38.3. The predicted molar refractivity (Wildman–Crippen MR) is 298 cm³/mol. The standard InChI is InChI=1S/C65H36N4O2S/c1-3-15-39-34-53-50(31-37(39)13-1)51-32-38-14-2-4-16-40(38)35-54(51)69(53)42-28-29-44(49(36-42)41-27-30-60-52(33-41)43-17-7-10-26-59(43)72-60)63-66-64(47-20-11-24-57-61(47)45-18-5-8-22-55(45)70-57)68-65(67-63)48-21-12-25-58-62(48)46-19-6-9-23-56(46)71-58/h1-36H. The molecule has 0 radical (unpaired) electrons. The van der Waals surface area contributed by atoms with Gasteiger partial charge in [-0.1, -0.05) is 133 Å². The first-order chi connectivity index (χ1) is 35.6. The van der Waals surface area contributed by atoms with Gasteiger partial charge in [-0.3, -0.25) is 0 Å². The molecule has 0 amide bonds. The number of hydrogen-bond donors (Lipinski definition) is 0. The molecule has 11 aromatic carbocycles. The smallest absolute Gasteiger partial charge is 0.164 e. The SMILES string of the molecule is c1ccc2cc3c(cc2c1)c1cc2ccccc2cc1n3-c1ccc(-c2nc(-c3cccc4oc5ccccc5c34)nc(-c3cccc4oc5ccccc5c34)n2)c(-c2ccc3sc4ccccc4c3c2)c1. The maximum absolute atomic E-state index is 6.45. The highest BCUT2D eigenvalue weighted by atomic mass is 32.1. The van der Waals surface area contributed by atoms with Gasteiger partial charge in [0.05, 0.1) is 11.0 Å². The third kappa shape index (κ3) is 5.86. The molecule has 0 unspecified atom stereocenters. The lowest BCUT2D eigenvalue weighted by Crippen LogP contribution is -2.02. The van der Waals surface area contributed by atoms with Crippen molar-refractivity contribution in [2.24, 2.45) is 0 Å². The summed E-state index contributed by atoms with van der Waals surface area (Å²) in [5.74, 6) is 1.65. The molecule has 5 aromatic heterocycles. The number of para-hydroxylation sites is 2. The Labute approximate surface area is 414 Å². The first-order valence-electron chi connectivity index (χ1n) is 24.1. The monoisotopic (exact) mass is 936 g/mol. The van der Waals surface area contributed by atoms with Crippen molar-refractivity contribution in [3.63, 3.8) is 0 Å². The summed E-state index contributed by atoms with van der Waals surface area (Å²) >= 11 is 1.82. The van der Waals surface area contributed by atoms with E-state index in [0.29, 0.717) is 17.5 Å². The number of hydrogen-bond acceptors (Lipinski definition) is 6. The van der Waals surface area contributed by atoms with Gasteiger partial charge in [0.2, 0.25) is 0 Å². The molecule has 16 rings (SSSR count). The molecule has 0 bridgehead atoms. The minimum atomic E-state index is 0.549. The second kappa shape index (κ2) is 15.0. The Hall–Kier alpha value is -9.43. The Bertz CT molecular complexity index is 4730. The Kier molecular flexibility index (Phi) is 8.23. The van der Waals surface area contributed by atoms with Crippen molar-refractivity contribution in [1.82, 2.24) is 19.5 Å². The molecule has 5 heterocycles. The minimum Gasteiger partial charge on any atom is -0.456 e. The average molecular weight is 937 g/mol. The summed E-state index contributed by atoms with van der Waals surface area (Å²) in [4.78, 5) is 16.5. The van der Waals surface area contributed by atoms with Crippen molar-refractivity contribution in [3.05, 3.63) is 218 Å². The van der Waals surface area contributed by atoms with E-state index in [0.717, 1.165) is 88.4 Å². The van der Waals surface area contributed by atoms with E-state index in [2.05, 4.69) is 162 Å². The number of aromatic nitrogens is 4. The van der Waals surface area contributed by atoms with Gasteiger partial charge in [-0.2, -0.15) is 0 Å². The maximum atomic E-state index is 6.45. The van der Waals surface area contributed by atoms with Crippen LogP contribution < -0.4 is 0 Å². The summed E-state index contributed by atoms with van der Waals surface area (Å²) in [5, 5.41) is 13.6. The number of thiophene rings is 1. The fourth-order valence-electron chi connectivity index (χ4n) is 11.3. The molecule has 334 valence electrons. The second-order valence-electron chi connectivity index (χ2n) is 18.7. The van der Waals surface area contributed by atoms with Gasteiger partial charge in [-0.25, -0.2) is 15.0 Å². The Balaban J connectivity index is 1.01. The van der Waals surface area contributed by atoms with Gasteiger partial charge in [0.25, 0.3) is 0 Å². The van der Waals surface area contributed by atoms with Crippen molar-refractivity contribution < 1.29 is 8.83 Å². The minimum absolute atomic E-state index is 0.549. The maximum Gasteiger partial charge on any atom is 0.164 e. The lowest BCUT2D eigenvalue weighted by Gasteiger charge is -2.16. The quantitative estimate of drug-likeness (QED) is 0.172. The van der Waals surface area contributed by atoms with Crippen LogP contribution >= 0.6 is 11.3 Å². The summed E-state index contributed by atoms with van der Waals surface area (Å²) in [6.45, 7) is 0. The van der Waals surface area contributed by atoms with Gasteiger partial charge in [0.1, 0.15) is 22.3 Å². The highest BCUT2D eigenvalue weighted by Gasteiger charge is 2.24. The van der Waals surface area contributed by atoms with Gasteiger partial charge in [0.15, 0.2) is 17.5 Å². The molecule has 0 atom stereocenters. The topological polar surface area (TPSA) is 69.9 Å². The van der Waals surface area contributed by atoms with E-state index in [1.807, 2.05) is 72.0 Å². The van der Waals surface area contributed by atoms with Gasteiger partial charge in [-0.15, -0.1) is 11.3 Å². The normalized spacial score (nSPS) is 12.2. The van der Waals surface area contributed by atoms with Gasteiger partial charge in [0, 0.05) is 74.9 Å². The van der Waals surface area contributed by atoms with E-state index in [9.17, 15) is 0 Å². The zero-order valence-corrected chi connectivity index (χ0v) is 39.1. The first kappa shape index (κ1) is 39.4. The molecule has 6 nitrogen and oxygen atoms in total. The molecular weight excluding hydrogens is 901 g/mol. The molecule has 0 aliphatic carbocycles. The van der Waals surface area contributed by atoms with Crippen molar-refractivity contribution in [2.75, 3.05) is 0 Å². The van der Waals surface area contributed by atoms with Crippen LogP contribution in [0.1, 0.15) is 0 Å². The molecule has 0 saturated heterocycles. The Morgan fingerprint density at radius 1 is 0.319 bits per heavy atom. The third-order valence-electron chi connectivity index (χ3n) is 14.6. The summed E-state index contributed by atoms with van der Waals surface area (Å²) < 4.78 is 17.8. The van der Waals surface area contributed by atoms with E-state index in [1.54, 1.807) is 0 Å². The zero-order chi connectivity index (χ0) is 47.0. The molecule has 7 heteroatoms. The molecule has 0 spiro atoms. The van der Waals surface area contributed by atoms with Crippen LogP contribution in [0.15, 0.2) is 227 Å². The van der Waals surface area contributed by atoms with Crippen LogP contribution in [0.25, 0.3) is 158 Å². The highest BCUT2D eigenvalue weighted by Crippen LogP contribution is 2.44. The molecular formula is C65H36N4O2S. The van der Waals surface area contributed by atoms with E-state index in [4.69, 9.17) is 23.8 Å². The molecule has 0 fully saturated rings. The summed E-state index contributed by atoms with van der Waals surface area (Å²) in [7, 11) is 0. The molecule has 16 aromatic rings. The number of fused-ring (bicyclic) bond motifs is 14. The van der Waals surface area contributed by atoms with Crippen LogP contribution in [0.3, 0.4) is 0 Å². The molecule has 0 aliphatic heterocycles. The van der Waals surface area contributed by atoms with Crippen LogP contribution in [-0.2, 0) is 0 Å². The predicted octanol–water partition coefficient (Wildman–Crippen LogP) is 18.1. The van der Waals surface area contributed by atoms with Crippen LogP contribution in [0.4, 0.5) is 0 Å². The first-order valence-corrected chi connectivity index (χ1v) is 25.0. The molecule has 0 N–H and O–H groups in total. The van der Waals surface area contributed by atoms with Gasteiger partial charge < -0.3 is 13.4 Å². The largest absolute Gasteiger partial charge is 0.456 e. The van der Waals surface area contributed by atoms with Crippen LogP contribution in [0.2, 0.25) is 0 Å². The highest BCUT2D eigenvalue weighted by molar-refractivity contribution is 7.25. The van der Waals surface area contributed by atoms with Gasteiger partial charge in [-0.05, 0) is 118 Å². The third-order valence-corrected chi connectivity index (χ3v) is 15.8. The number of rotatable bonds is 5. The molecule has 72 heavy (non-hydrogen) atoms. The van der Waals surface area contributed by atoms with Crippen molar-refractivity contribution in [1.29, 1.82) is 0 Å². The van der Waals surface area contributed by atoms with Crippen molar-refractivity contribution in [2.45, 2.75) is 0 Å². The summed E-state index contributed by atoms with van der Waals surface area (Å²) in [6.07, 6.45) is 0. The van der Waals surface area contributed by atoms with Crippen molar-refractivity contribution >= 4 is 119 Å². The summed E-state index contributed by atoms with van der Waals surface area (Å²) in [6, 6.07) is 77.6. The van der Waals surface area contributed by atoms with E-state index >= 15 is 0 Å². The lowest BCUT2D eigenvalue weighted by atomic mass is 9.96. The van der Waals surface area contributed by atoms with Crippen molar-refractivity contribution in [3.8, 4) is 51.0 Å². The van der Waals surface area contributed by atoms with E-state index < -0.39 is 0 Å². The number of nitrogens with zero attached hydrogens (tertiary/aromatic N) is 4. The Morgan fingerprint density at radius 2 is 0.806 bits per heavy atom. The molecule has 0 saturated carbocycles.